The maximum atomic E-state index is 12.3. The van der Waals surface area contributed by atoms with E-state index >= 15 is 0 Å². The number of nitrogens with zero attached hydrogens (tertiary/aromatic N) is 1. The van der Waals surface area contributed by atoms with Crippen LogP contribution in [0.2, 0.25) is 0 Å². The maximum Gasteiger partial charge on any atom is 0.182 e. The lowest BCUT2D eigenvalue weighted by atomic mass is 10.1. The summed E-state index contributed by atoms with van der Waals surface area (Å²) in [5.74, 6) is -1.40. The molecule has 1 aromatic rings. The third kappa shape index (κ3) is 4.92. The predicted molar refractivity (Wildman–Crippen MR) is 98.8 cm³/mol. The van der Waals surface area contributed by atoms with Crippen molar-refractivity contribution in [2.45, 2.75) is 57.6 Å². The molecule has 2 aliphatic heterocycles. The van der Waals surface area contributed by atoms with Gasteiger partial charge in [-0.2, -0.15) is 0 Å². The molecule has 26 heavy (non-hydrogen) atoms. The van der Waals surface area contributed by atoms with Crippen molar-refractivity contribution in [2.24, 2.45) is 0 Å². The molecule has 6 nitrogen and oxygen atoms in total. The quantitative estimate of drug-likeness (QED) is 0.349. The van der Waals surface area contributed by atoms with E-state index in [1.807, 2.05) is 64.1 Å². The standard InChI is InChI=1S/C20H27NO5/c1-19(2)23-14-17(25-19)18-16(24-20(3,4)26-18)13-21(22)12-8-11-15-9-6-5-7-10-15/h5-12,16-18H,13-14H2,1-4H3/b11-8+,21-12-/t16-,17-,18+/m1/s1. The first kappa shape index (κ1) is 19.0. The zero-order chi connectivity index (χ0) is 18.8. The normalized spacial score (nSPS) is 30.9. The minimum Gasteiger partial charge on any atom is -0.624 e. The SMILES string of the molecule is CC1(C)OC[C@H]([C@H]2OC(C)(C)O[C@@H]2C/[N+]([O-])=C/C=C/c2ccccc2)O1. The highest BCUT2D eigenvalue weighted by Gasteiger charge is 2.50. The van der Waals surface area contributed by atoms with Crippen LogP contribution in [-0.4, -0.2) is 54.0 Å². The molecule has 6 heteroatoms. The van der Waals surface area contributed by atoms with Crippen LogP contribution in [0.3, 0.4) is 0 Å². The fraction of sp³-hybridized carbons (Fsp3) is 0.550. The number of hydrogen-bond donors (Lipinski definition) is 0. The lowest BCUT2D eigenvalue weighted by molar-refractivity contribution is -0.465. The summed E-state index contributed by atoms with van der Waals surface area (Å²) < 4.78 is 24.3. The number of rotatable bonds is 5. The van der Waals surface area contributed by atoms with E-state index in [0.717, 1.165) is 10.3 Å². The van der Waals surface area contributed by atoms with E-state index < -0.39 is 17.7 Å². The van der Waals surface area contributed by atoms with Crippen molar-refractivity contribution in [3.05, 3.63) is 47.2 Å². The summed E-state index contributed by atoms with van der Waals surface area (Å²) in [6, 6.07) is 9.82. The Labute approximate surface area is 154 Å². The minimum atomic E-state index is -0.758. The zero-order valence-electron chi connectivity index (χ0n) is 15.8. The molecular weight excluding hydrogens is 334 g/mol. The van der Waals surface area contributed by atoms with E-state index in [1.165, 1.54) is 6.21 Å². The fourth-order valence-corrected chi connectivity index (χ4v) is 3.25. The highest BCUT2D eigenvalue weighted by Crippen LogP contribution is 2.35. The molecule has 3 rings (SSSR count). The average molecular weight is 361 g/mol. The topological polar surface area (TPSA) is 63.0 Å². The van der Waals surface area contributed by atoms with Crippen LogP contribution in [-0.2, 0) is 18.9 Å². The van der Waals surface area contributed by atoms with Gasteiger partial charge >= 0.3 is 0 Å². The van der Waals surface area contributed by atoms with E-state index in [0.29, 0.717) is 6.61 Å². The van der Waals surface area contributed by atoms with Gasteiger partial charge in [-0.1, -0.05) is 30.3 Å². The lowest BCUT2D eigenvalue weighted by Crippen LogP contribution is -2.41. The molecule has 2 fully saturated rings. The monoisotopic (exact) mass is 361 g/mol. The van der Waals surface area contributed by atoms with Gasteiger partial charge in [-0.15, -0.1) is 0 Å². The molecular formula is C20H27NO5. The summed E-state index contributed by atoms with van der Waals surface area (Å²) >= 11 is 0. The summed E-state index contributed by atoms with van der Waals surface area (Å²) in [6.45, 7) is 8.00. The van der Waals surface area contributed by atoms with Crippen LogP contribution < -0.4 is 0 Å². The van der Waals surface area contributed by atoms with Crippen LogP contribution in [0.25, 0.3) is 6.08 Å². The number of benzene rings is 1. The van der Waals surface area contributed by atoms with E-state index in [-0.39, 0.29) is 18.8 Å². The van der Waals surface area contributed by atoms with E-state index in [4.69, 9.17) is 18.9 Å². The van der Waals surface area contributed by atoms with Crippen molar-refractivity contribution in [3.8, 4) is 0 Å². The van der Waals surface area contributed by atoms with Gasteiger partial charge in [0.15, 0.2) is 24.3 Å². The van der Waals surface area contributed by atoms with E-state index in [2.05, 4.69) is 0 Å². The summed E-state index contributed by atoms with van der Waals surface area (Å²) in [7, 11) is 0. The first-order valence-corrected chi connectivity index (χ1v) is 8.92. The first-order chi connectivity index (χ1) is 12.2. The molecule has 3 atom stereocenters. The Morgan fingerprint density at radius 2 is 1.81 bits per heavy atom. The van der Waals surface area contributed by atoms with Crippen molar-refractivity contribution in [2.75, 3.05) is 13.2 Å². The van der Waals surface area contributed by atoms with Crippen molar-refractivity contribution < 1.29 is 23.7 Å². The van der Waals surface area contributed by atoms with Gasteiger partial charge in [0.25, 0.3) is 0 Å². The third-order valence-electron chi connectivity index (χ3n) is 4.32. The molecule has 2 aliphatic rings. The highest BCUT2D eigenvalue weighted by molar-refractivity contribution is 5.74. The van der Waals surface area contributed by atoms with Gasteiger partial charge in [0, 0.05) is 6.08 Å². The Morgan fingerprint density at radius 1 is 1.08 bits per heavy atom. The second-order valence-corrected chi connectivity index (χ2v) is 7.52. The van der Waals surface area contributed by atoms with Crippen LogP contribution in [0.5, 0.6) is 0 Å². The van der Waals surface area contributed by atoms with E-state index in [1.54, 1.807) is 6.08 Å². The average Bonchev–Trinajstić information content (AvgIpc) is 3.07. The zero-order valence-corrected chi connectivity index (χ0v) is 15.8. The lowest BCUT2D eigenvalue weighted by Gasteiger charge is -2.23. The molecule has 0 bridgehead atoms. The molecule has 0 amide bonds. The molecule has 142 valence electrons. The smallest absolute Gasteiger partial charge is 0.182 e. The van der Waals surface area contributed by atoms with Gasteiger partial charge in [0.2, 0.25) is 0 Å². The highest BCUT2D eigenvalue weighted by atomic mass is 16.8. The van der Waals surface area contributed by atoms with E-state index in [9.17, 15) is 5.21 Å². The van der Waals surface area contributed by atoms with Crippen LogP contribution in [0.15, 0.2) is 36.4 Å². The largest absolute Gasteiger partial charge is 0.624 e. The summed E-state index contributed by atoms with van der Waals surface area (Å²) in [5, 5.41) is 12.3. The van der Waals surface area contributed by atoms with Gasteiger partial charge in [-0.25, -0.2) is 4.74 Å². The minimum absolute atomic E-state index is 0.160. The Kier molecular flexibility index (Phi) is 5.48. The molecule has 0 aliphatic carbocycles. The fourth-order valence-electron chi connectivity index (χ4n) is 3.25. The predicted octanol–water partition coefficient (Wildman–Crippen LogP) is 2.95. The molecule has 0 N–H and O–H groups in total. The number of hydroxylamine groups is 1. The summed E-state index contributed by atoms with van der Waals surface area (Å²) in [4.78, 5) is 0. The Bertz CT molecular complexity index is 668. The van der Waals surface area contributed by atoms with Gasteiger partial charge in [-0.05, 0) is 39.3 Å². The van der Waals surface area contributed by atoms with Crippen LogP contribution in [0.1, 0.15) is 33.3 Å². The molecule has 0 unspecified atom stereocenters. The van der Waals surface area contributed by atoms with Gasteiger partial charge in [0.1, 0.15) is 18.3 Å². The van der Waals surface area contributed by atoms with Crippen LogP contribution >= 0.6 is 0 Å². The van der Waals surface area contributed by atoms with Gasteiger partial charge in [-0.3, -0.25) is 0 Å². The molecule has 0 radical (unpaired) electrons. The molecule has 0 aromatic heterocycles. The number of ether oxygens (including phenoxy) is 4. The first-order valence-electron chi connectivity index (χ1n) is 8.92. The molecule has 1 aromatic carbocycles. The van der Waals surface area contributed by atoms with Crippen LogP contribution in [0.4, 0.5) is 0 Å². The molecule has 0 saturated carbocycles. The second kappa shape index (κ2) is 7.48. The van der Waals surface area contributed by atoms with Crippen molar-refractivity contribution >= 4 is 12.3 Å². The van der Waals surface area contributed by atoms with Crippen molar-refractivity contribution in [3.63, 3.8) is 0 Å². The van der Waals surface area contributed by atoms with Crippen molar-refractivity contribution in [1.82, 2.24) is 0 Å². The number of hydrogen-bond acceptors (Lipinski definition) is 5. The Morgan fingerprint density at radius 3 is 2.46 bits per heavy atom. The summed E-state index contributed by atoms with van der Waals surface area (Å²) in [5.41, 5.74) is 1.04. The third-order valence-corrected chi connectivity index (χ3v) is 4.32. The molecule has 2 saturated heterocycles. The Hall–Kier alpha value is -1.73. The summed E-state index contributed by atoms with van der Waals surface area (Å²) in [6.07, 6.45) is 4.10. The van der Waals surface area contributed by atoms with Crippen molar-refractivity contribution in [1.29, 1.82) is 0 Å². The molecule has 2 heterocycles. The number of allylic oxidation sites excluding steroid dienone is 1. The maximum absolute atomic E-state index is 12.3. The van der Waals surface area contributed by atoms with Gasteiger partial charge in [0.05, 0.1) is 6.61 Å². The second-order valence-electron chi connectivity index (χ2n) is 7.52. The van der Waals surface area contributed by atoms with Crippen LogP contribution in [0, 0.1) is 5.21 Å². The molecule has 0 spiro atoms. The van der Waals surface area contributed by atoms with Gasteiger partial charge < -0.3 is 24.2 Å². The Balaban J connectivity index is 1.64.